The number of rotatable bonds is 4. The van der Waals surface area contributed by atoms with Gasteiger partial charge in [0.2, 0.25) is 10.0 Å². The molecule has 3 rings (SSSR count). The maximum absolute atomic E-state index is 12.6. The Bertz CT molecular complexity index is 950. The Labute approximate surface area is 161 Å². The topological polar surface area (TPSA) is 75.7 Å². The second-order valence-corrected chi connectivity index (χ2v) is 8.64. The van der Waals surface area contributed by atoms with Gasteiger partial charge in [0.25, 0.3) is 5.91 Å². The number of hydrogen-bond donors (Lipinski definition) is 1. The minimum absolute atomic E-state index is 0.0846. The molecule has 1 amide bonds. The van der Waals surface area contributed by atoms with Crippen LogP contribution in [0, 0.1) is 0 Å². The third-order valence-electron chi connectivity index (χ3n) is 3.92. The van der Waals surface area contributed by atoms with Gasteiger partial charge in [-0.2, -0.15) is 0 Å². The molecule has 0 aromatic heterocycles. The minimum Gasteiger partial charge on any atom is -0.476 e. The smallest absolute Gasteiger partial charge is 0.267 e. The molecular formula is C17H16Cl2N2O4S. The lowest BCUT2D eigenvalue weighted by atomic mass is 10.2. The number of halogens is 2. The summed E-state index contributed by atoms with van der Waals surface area (Å²) >= 11 is 11.9. The van der Waals surface area contributed by atoms with Crippen LogP contribution in [0.5, 0.6) is 5.75 Å². The number of sulfonamides is 1. The molecule has 1 unspecified atom stereocenters. The van der Waals surface area contributed by atoms with Crippen LogP contribution in [-0.2, 0) is 14.8 Å². The summed E-state index contributed by atoms with van der Waals surface area (Å²) < 4.78 is 31.8. The first-order chi connectivity index (χ1) is 12.3. The van der Waals surface area contributed by atoms with Gasteiger partial charge >= 0.3 is 0 Å². The summed E-state index contributed by atoms with van der Waals surface area (Å²) in [5.41, 5.74) is 0.788. The number of nitrogens with one attached hydrogen (secondary N) is 1. The number of carbonyl (C=O) groups is 1. The van der Waals surface area contributed by atoms with E-state index >= 15 is 0 Å². The zero-order chi connectivity index (χ0) is 18.9. The molecule has 26 heavy (non-hydrogen) atoms. The van der Waals surface area contributed by atoms with E-state index in [1.54, 1.807) is 43.3 Å². The van der Waals surface area contributed by atoms with E-state index in [0.29, 0.717) is 22.1 Å². The molecule has 0 saturated heterocycles. The van der Waals surface area contributed by atoms with Gasteiger partial charge in [0.1, 0.15) is 5.75 Å². The van der Waals surface area contributed by atoms with Crippen molar-refractivity contribution in [2.24, 2.45) is 0 Å². The number of para-hydroxylation sites is 2. The quantitative estimate of drug-likeness (QED) is 0.829. The monoisotopic (exact) mass is 414 g/mol. The Morgan fingerprint density at radius 1 is 1.27 bits per heavy atom. The van der Waals surface area contributed by atoms with Crippen molar-refractivity contribution in [3.05, 3.63) is 52.5 Å². The third kappa shape index (κ3) is 3.75. The van der Waals surface area contributed by atoms with Crippen LogP contribution in [0.4, 0.5) is 11.4 Å². The molecule has 6 nitrogen and oxygen atoms in total. The van der Waals surface area contributed by atoms with Gasteiger partial charge in [0.15, 0.2) is 6.10 Å². The highest BCUT2D eigenvalue weighted by Gasteiger charge is 2.36. The first kappa shape index (κ1) is 18.8. The summed E-state index contributed by atoms with van der Waals surface area (Å²) in [5, 5.41) is 3.37. The first-order valence-electron chi connectivity index (χ1n) is 7.84. The molecule has 0 radical (unpaired) electrons. The Morgan fingerprint density at radius 2 is 2.00 bits per heavy atom. The molecule has 138 valence electrons. The van der Waals surface area contributed by atoms with E-state index in [4.69, 9.17) is 27.9 Å². The SMILES string of the molecule is CCS(=O)(=O)N1CC(C(=O)Nc2ccc(Cl)cc2Cl)Oc2ccccc21. The summed E-state index contributed by atoms with van der Waals surface area (Å²) in [6.45, 7) is 1.43. The van der Waals surface area contributed by atoms with E-state index in [9.17, 15) is 13.2 Å². The lowest BCUT2D eigenvalue weighted by Gasteiger charge is -2.34. The molecular weight excluding hydrogens is 399 g/mol. The molecule has 1 N–H and O–H groups in total. The van der Waals surface area contributed by atoms with Gasteiger partial charge < -0.3 is 10.1 Å². The number of anilines is 2. The predicted molar refractivity (Wildman–Crippen MR) is 103 cm³/mol. The molecule has 1 heterocycles. The van der Waals surface area contributed by atoms with Crippen molar-refractivity contribution in [2.75, 3.05) is 21.9 Å². The maximum Gasteiger partial charge on any atom is 0.267 e. The fourth-order valence-corrected chi connectivity index (χ4v) is 4.14. The fraction of sp³-hybridized carbons (Fsp3) is 0.235. The average Bonchev–Trinajstić information content (AvgIpc) is 2.63. The molecule has 9 heteroatoms. The van der Waals surface area contributed by atoms with E-state index in [-0.39, 0.29) is 17.3 Å². The van der Waals surface area contributed by atoms with Gasteiger partial charge in [-0.3, -0.25) is 9.10 Å². The minimum atomic E-state index is -3.56. The van der Waals surface area contributed by atoms with Crippen LogP contribution in [0.25, 0.3) is 0 Å². The molecule has 2 aromatic rings. The predicted octanol–water partition coefficient (Wildman–Crippen LogP) is 3.55. The summed E-state index contributed by atoms with van der Waals surface area (Å²) in [7, 11) is -3.56. The standard InChI is InChI=1S/C17H16Cl2N2O4S/c1-2-26(23,24)21-10-16(25-15-6-4-3-5-14(15)21)17(22)20-13-8-7-11(18)9-12(13)19/h3-9,16H,2,10H2,1H3,(H,20,22). The van der Waals surface area contributed by atoms with Gasteiger partial charge in [-0.15, -0.1) is 0 Å². The van der Waals surface area contributed by atoms with Crippen molar-refractivity contribution in [3.63, 3.8) is 0 Å². The largest absolute Gasteiger partial charge is 0.476 e. The van der Waals surface area contributed by atoms with Crippen LogP contribution >= 0.6 is 23.2 Å². The normalized spacial score (nSPS) is 16.6. The summed E-state index contributed by atoms with van der Waals surface area (Å²) in [5.74, 6) is -0.253. The number of benzene rings is 2. The Morgan fingerprint density at radius 3 is 2.69 bits per heavy atom. The highest BCUT2D eigenvalue weighted by molar-refractivity contribution is 7.92. The molecule has 0 fully saturated rings. The number of fused-ring (bicyclic) bond motifs is 1. The van der Waals surface area contributed by atoms with E-state index in [0.717, 1.165) is 0 Å². The van der Waals surface area contributed by atoms with Gasteiger partial charge in [-0.05, 0) is 37.3 Å². The van der Waals surface area contributed by atoms with Crippen LogP contribution < -0.4 is 14.4 Å². The summed E-state index contributed by atoms with van der Waals surface area (Å²) in [6.07, 6.45) is -1.02. The average molecular weight is 415 g/mol. The number of hydrogen-bond acceptors (Lipinski definition) is 4. The molecule has 2 aromatic carbocycles. The van der Waals surface area contributed by atoms with Crippen molar-refractivity contribution < 1.29 is 17.9 Å². The molecule has 1 atom stereocenters. The zero-order valence-electron chi connectivity index (χ0n) is 13.8. The number of nitrogens with zero attached hydrogens (tertiary/aromatic N) is 1. The molecule has 0 aliphatic carbocycles. The zero-order valence-corrected chi connectivity index (χ0v) is 16.1. The molecule has 1 aliphatic rings. The van der Waals surface area contributed by atoms with E-state index in [2.05, 4.69) is 5.32 Å². The molecule has 0 bridgehead atoms. The van der Waals surface area contributed by atoms with Crippen molar-refractivity contribution in [1.29, 1.82) is 0 Å². The Balaban J connectivity index is 1.88. The van der Waals surface area contributed by atoms with Gasteiger partial charge in [0.05, 0.1) is 28.7 Å². The van der Waals surface area contributed by atoms with Crippen molar-refractivity contribution in [1.82, 2.24) is 0 Å². The first-order valence-corrected chi connectivity index (χ1v) is 10.2. The fourth-order valence-electron chi connectivity index (χ4n) is 2.56. The van der Waals surface area contributed by atoms with Crippen LogP contribution in [0.2, 0.25) is 10.0 Å². The number of amides is 1. The van der Waals surface area contributed by atoms with Crippen molar-refractivity contribution >= 4 is 50.5 Å². The van der Waals surface area contributed by atoms with E-state index in [1.807, 2.05) is 0 Å². The Hall–Kier alpha value is -1.96. The van der Waals surface area contributed by atoms with Gasteiger partial charge in [0, 0.05) is 5.02 Å². The molecule has 1 aliphatic heterocycles. The lowest BCUT2D eigenvalue weighted by molar-refractivity contribution is -0.122. The van der Waals surface area contributed by atoms with Gasteiger partial charge in [-0.1, -0.05) is 35.3 Å². The second kappa shape index (κ2) is 7.34. The van der Waals surface area contributed by atoms with Crippen LogP contribution in [0.1, 0.15) is 6.92 Å². The second-order valence-electron chi connectivity index (χ2n) is 5.62. The molecule has 0 saturated carbocycles. The van der Waals surface area contributed by atoms with Crippen molar-refractivity contribution in [2.45, 2.75) is 13.0 Å². The van der Waals surface area contributed by atoms with E-state index in [1.165, 1.54) is 10.4 Å². The Kier molecular flexibility index (Phi) is 5.32. The lowest BCUT2D eigenvalue weighted by Crippen LogP contribution is -2.49. The van der Waals surface area contributed by atoms with Crippen LogP contribution in [-0.4, -0.2) is 32.7 Å². The van der Waals surface area contributed by atoms with Crippen molar-refractivity contribution in [3.8, 4) is 5.75 Å². The van der Waals surface area contributed by atoms with Gasteiger partial charge in [-0.25, -0.2) is 8.42 Å². The van der Waals surface area contributed by atoms with Crippen LogP contribution in [0.3, 0.4) is 0 Å². The number of carbonyl (C=O) groups excluding carboxylic acids is 1. The van der Waals surface area contributed by atoms with Crippen LogP contribution in [0.15, 0.2) is 42.5 Å². The highest BCUT2D eigenvalue weighted by Crippen LogP contribution is 2.35. The highest BCUT2D eigenvalue weighted by atomic mass is 35.5. The maximum atomic E-state index is 12.6. The number of ether oxygens (including phenoxy) is 1. The summed E-state index contributed by atoms with van der Waals surface area (Å²) in [6, 6.07) is 11.4. The molecule has 0 spiro atoms. The summed E-state index contributed by atoms with van der Waals surface area (Å²) in [4.78, 5) is 12.6. The van der Waals surface area contributed by atoms with E-state index < -0.39 is 22.0 Å². The third-order valence-corrected chi connectivity index (χ3v) is 6.21.